The maximum Gasteiger partial charge on any atom is 0.229 e. The smallest absolute Gasteiger partial charge is 0.229 e. The van der Waals surface area contributed by atoms with E-state index in [-0.39, 0.29) is 0 Å². The molecule has 0 unspecified atom stereocenters. The molecule has 6 nitrogen and oxygen atoms in total. The normalized spacial score (nSPS) is 19.6. The number of rotatable bonds is 9. The highest BCUT2D eigenvalue weighted by Crippen LogP contribution is 2.25. The van der Waals surface area contributed by atoms with Gasteiger partial charge in [0, 0.05) is 38.6 Å². The zero-order valence-electron chi connectivity index (χ0n) is 17.3. The van der Waals surface area contributed by atoms with Gasteiger partial charge in [-0.25, -0.2) is 0 Å². The number of aryl methyl sites for hydroxylation is 1. The fourth-order valence-electron chi connectivity index (χ4n) is 4.25. The van der Waals surface area contributed by atoms with Crippen LogP contribution < -0.4 is 0 Å². The molecule has 0 atom stereocenters. The van der Waals surface area contributed by atoms with Crippen molar-refractivity contribution in [3.05, 3.63) is 47.6 Å². The van der Waals surface area contributed by atoms with Gasteiger partial charge < -0.3 is 18.9 Å². The SMILES string of the molecule is c1ccc(CCCN2CCC(OCCc3noc(C4CCOCC4)n3)CC2)cc1. The second-order valence-corrected chi connectivity index (χ2v) is 8.19. The van der Waals surface area contributed by atoms with Crippen molar-refractivity contribution >= 4 is 0 Å². The lowest BCUT2D eigenvalue weighted by atomic mass is 10.0. The highest BCUT2D eigenvalue weighted by molar-refractivity contribution is 5.14. The van der Waals surface area contributed by atoms with Gasteiger partial charge in [-0.15, -0.1) is 0 Å². The van der Waals surface area contributed by atoms with Gasteiger partial charge in [0.25, 0.3) is 0 Å². The molecule has 1 aromatic carbocycles. The summed E-state index contributed by atoms with van der Waals surface area (Å²) in [4.78, 5) is 7.14. The van der Waals surface area contributed by atoms with Crippen molar-refractivity contribution in [1.82, 2.24) is 15.0 Å². The van der Waals surface area contributed by atoms with Gasteiger partial charge in [-0.05, 0) is 50.6 Å². The van der Waals surface area contributed by atoms with Crippen molar-refractivity contribution < 1.29 is 14.0 Å². The Labute approximate surface area is 173 Å². The van der Waals surface area contributed by atoms with E-state index in [0.29, 0.717) is 18.6 Å². The lowest BCUT2D eigenvalue weighted by Gasteiger charge is -2.31. The van der Waals surface area contributed by atoms with Crippen LogP contribution in [0.25, 0.3) is 0 Å². The average Bonchev–Trinajstić information content (AvgIpc) is 3.25. The number of hydrogen-bond donors (Lipinski definition) is 0. The van der Waals surface area contributed by atoms with E-state index >= 15 is 0 Å². The fourth-order valence-corrected chi connectivity index (χ4v) is 4.25. The van der Waals surface area contributed by atoms with E-state index in [1.807, 2.05) is 0 Å². The topological polar surface area (TPSA) is 60.6 Å². The maximum atomic E-state index is 6.10. The molecule has 2 aromatic rings. The average molecular weight is 400 g/mol. The molecule has 2 saturated heterocycles. The lowest BCUT2D eigenvalue weighted by Crippen LogP contribution is -2.37. The molecule has 2 aliphatic heterocycles. The summed E-state index contributed by atoms with van der Waals surface area (Å²) in [5.41, 5.74) is 1.44. The predicted molar refractivity (Wildman–Crippen MR) is 111 cm³/mol. The lowest BCUT2D eigenvalue weighted by molar-refractivity contribution is 0.00828. The molecule has 3 heterocycles. The number of aromatic nitrogens is 2. The third-order valence-electron chi connectivity index (χ3n) is 6.05. The highest BCUT2D eigenvalue weighted by atomic mass is 16.5. The minimum absolute atomic E-state index is 0.358. The molecule has 29 heavy (non-hydrogen) atoms. The molecule has 6 heteroatoms. The Morgan fingerprint density at radius 2 is 1.79 bits per heavy atom. The summed E-state index contributed by atoms with van der Waals surface area (Å²) in [6.07, 6.45) is 7.66. The largest absolute Gasteiger partial charge is 0.381 e. The Morgan fingerprint density at radius 3 is 2.59 bits per heavy atom. The van der Waals surface area contributed by atoms with Gasteiger partial charge in [-0.1, -0.05) is 35.5 Å². The van der Waals surface area contributed by atoms with E-state index in [0.717, 1.165) is 76.5 Å². The Morgan fingerprint density at radius 1 is 1.00 bits per heavy atom. The Bertz CT molecular complexity index is 707. The first kappa shape index (κ1) is 20.5. The molecular formula is C23H33N3O3. The fraction of sp³-hybridized carbons (Fsp3) is 0.652. The molecule has 158 valence electrons. The molecule has 2 fully saturated rings. The van der Waals surface area contributed by atoms with Gasteiger partial charge in [-0.2, -0.15) is 4.98 Å². The minimum atomic E-state index is 0.358. The van der Waals surface area contributed by atoms with Crippen LogP contribution in [0.4, 0.5) is 0 Å². The van der Waals surface area contributed by atoms with Crippen molar-refractivity contribution in [2.24, 2.45) is 0 Å². The summed E-state index contributed by atoms with van der Waals surface area (Å²) in [6, 6.07) is 10.8. The van der Waals surface area contributed by atoms with Gasteiger partial charge in [0.1, 0.15) is 0 Å². The predicted octanol–water partition coefficient (Wildman–Crippen LogP) is 3.62. The van der Waals surface area contributed by atoms with Gasteiger partial charge in [0.15, 0.2) is 5.82 Å². The molecule has 4 rings (SSSR count). The summed E-state index contributed by atoms with van der Waals surface area (Å²) >= 11 is 0. The molecule has 1 aromatic heterocycles. The van der Waals surface area contributed by atoms with Crippen molar-refractivity contribution in [3.63, 3.8) is 0 Å². The number of ether oxygens (including phenoxy) is 2. The standard InChI is InChI=1S/C23H33N3O3/c1-2-5-19(6-3-1)7-4-13-26-14-8-21(9-15-26)28-18-12-22-24-23(29-25-22)20-10-16-27-17-11-20/h1-3,5-6,20-21H,4,7-18H2. The molecule has 0 bridgehead atoms. The van der Waals surface area contributed by atoms with Crippen LogP contribution in [0.3, 0.4) is 0 Å². The molecule has 0 radical (unpaired) electrons. The summed E-state index contributed by atoms with van der Waals surface area (Å²) in [7, 11) is 0. The number of nitrogens with zero attached hydrogens (tertiary/aromatic N) is 3. The summed E-state index contributed by atoms with van der Waals surface area (Å²) in [5, 5.41) is 4.13. The zero-order chi connectivity index (χ0) is 19.7. The first-order chi connectivity index (χ1) is 14.4. The van der Waals surface area contributed by atoms with Crippen molar-refractivity contribution in [3.8, 4) is 0 Å². The van der Waals surface area contributed by atoms with Crippen LogP contribution in [0.15, 0.2) is 34.9 Å². The minimum Gasteiger partial charge on any atom is -0.381 e. The Kier molecular flexibility index (Phi) is 7.68. The number of piperidine rings is 1. The van der Waals surface area contributed by atoms with Crippen molar-refractivity contribution in [2.45, 2.75) is 57.0 Å². The first-order valence-corrected chi connectivity index (χ1v) is 11.1. The van der Waals surface area contributed by atoms with E-state index in [4.69, 9.17) is 14.0 Å². The molecular weight excluding hydrogens is 366 g/mol. The van der Waals surface area contributed by atoms with Gasteiger partial charge in [-0.3, -0.25) is 0 Å². The van der Waals surface area contributed by atoms with Crippen LogP contribution in [-0.4, -0.2) is 60.6 Å². The van der Waals surface area contributed by atoms with E-state index in [1.165, 1.54) is 18.5 Å². The quantitative estimate of drug-likeness (QED) is 0.642. The van der Waals surface area contributed by atoms with Crippen LogP contribution in [0.2, 0.25) is 0 Å². The Balaban J connectivity index is 1.09. The van der Waals surface area contributed by atoms with Gasteiger partial charge in [0.05, 0.1) is 12.7 Å². The molecule has 0 amide bonds. The monoisotopic (exact) mass is 399 g/mol. The van der Waals surface area contributed by atoms with Crippen LogP contribution in [0.1, 0.15) is 55.3 Å². The number of likely N-dealkylation sites (tertiary alicyclic amines) is 1. The Hall–Kier alpha value is -1.76. The maximum absolute atomic E-state index is 6.10. The third kappa shape index (κ3) is 6.36. The highest BCUT2D eigenvalue weighted by Gasteiger charge is 2.22. The molecule has 0 N–H and O–H groups in total. The molecule has 0 aliphatic carbocycles. The van der Waals surface area contributed by atoms with Crippen LogP contribution in [0, 0.1) is 0 Å². The zero-order valence-corrected chi connectivity index (χ0v) is 17.3. The molecule has 0 spiro atoms. The van der Waals surface area contributed by atoms with E-state index in [9.17, 15) is 0 Å². The summed E-state index contributed by atoms with van der Waals surface area (Å²) in [5.74, 6) is 1.90. The molecule has 2 aliphatic rings. The second-order valence-electron chi connectivity index (χ2n) is 8.19. The van der Waals surface area contributed by atoms with E-state index in [1.54, 1.807) is 0 Å². The van der Waals surface area contributed by atoms with Crippen molar-refractivity contribution in [2.75, 3.05) is 39.5 Å². The summed E-state index contributed by atoms with van der Waals surface area (Å²) in [6.45, 7) is 5.70. The van der Waals surface area contributed by atoms with Gasteiger partial charge in [0.2, 0.25) is 5.89 Å². The molecule has 0 saturated carbocycles. The number of benzene rings is 1. The summed E-state index contributed by atoms with van der Waals surface area (Å²) < 4.78 is 16.9. The first-order valence-electron chi connectivity index (χ1n) is 11.1. The van der Waals surface area contributed by atoms with Crippen LogP contribution in [-0.2, 0) is 22.3 Å². The van der Waals surface area contributed by atoms with E-state index in [2.05, 4.69) is 45.4 Å². The van der Waals surface area contributed by atoms with Crippen molar-refractivity contribution in [1.29, 1.82) is 0 Å². The van der Waals surface area contributed by atoms with Crippen LogP contribution >= 0.6 is 0 Å². The van der Waals surface area contributed by atoms with E-state index < -0.39 is 0 Å². The van der Waals surface area contributed by atoms with Crippen LogP contribution in [0.5, 0.6) is 0 Å². The number of hydrogen-bond acceptors (Lipinski definition) is 6. The van der Waals surface area contributed by atoms with Gasteiger partial charge >= 0.3 is 0 Å². The third-order valence-corrected chi connectivity index (χ3v) is 6.05. The second kappa shape index (κ2) is 10.9.